The number of pyridine rings is 2. The van der Waals surface area contributed by atoms with Gasteiger partial charge in [0, 0.05) is 42.1 Å². The Morgan fingerprint density at radius 2 is 2.00 bits per heavy atom. The SMILES string of the molecule is Cc1cncc(-c2cc(C(N)=O)c3[nH]c4cc(N5CCOCC5)ccc4c3n2)c1. The van der Waals surface area contributed by atoms with Crippen LogP contribution in [0.5, 0.6) is 0 Å². The highest BCUT2D eigenvalue weighted by Crippen LogP contribution is 2.32. The van der Waals surface area contributed by atoms with Crippen LogP contribution in [-0.2, 0) is 4.74 Å². The average molecular weight is 387 g/mol. The summed E-state index contributed by atoms with van der Waals surface area (Å²) in [6.45, 7) is 5.16. The molecule has 7 heteroatoms. The van der Waals surface area contributed by atoms with Gasteiger partial charge in [0.2, 0.25) is 0 Å². The number of nitrogens with one attached hydrogen (secondary N) is 1. The number of carbonyl (C=O) groups excluding carboxylic acids is 1. The van der Waals surface area contributed by atoms with Gasteiger partial charge in [0.1, 0.15) is 0 Å². The number of anilines is 1. The molecule has 1 fully saturated rings. The van der Waals surface area contributed by atoms with Crippen LogP contribution in [0.4, 0.5) is 5.69 Å². The fraction of sp³-hybridized carbons (Fsp3) is 0.227. The fourth-order valence-electron chi connectivity index (χ4n) is 3.90. The topological polar surface area (TPSA) is 97.1 Å². The van der Waals surface area contributed by atoms with Crippen molar-refractivity contribution < 1.29 is 9.53 Å². The van der Waals surface area contributed by atoms with E-state index < -0.39 is 5.91 Å². The van der Waals surface area contributed by atoms with Crippen molar-refractivity contribution in [3.8, 4) is 11.3 Å². The minimum Gasteiger partial charge on any atom is -0.378 e. The second kappa shape index (κ2) is 6.86. The Morgan fingerprint density at radius 1 is 1.17 bits per heavy atom. The number of hydrogen-bond donors (Lipinski definition) is 2. The molecule has 0 atom stereocenters. The summed E-state index contributed by atoms with van der Waals surface area (Å²) in [5, 5.41) is 0.960. The molecule has 1 aliphatic rings. The van der Waals surface area contributed by atoms with Crippen molar-refractivity contribution in [2.75, 3.05) is 31.2 Å². The number of aromatic amines is 1. The molecule has 3 aromatic heterocycles. The van der Waals surface area contributed by atoms with E-state index in [1.54, 1.807) is 18.5 Å². The van der Waals surface area contributed by atoms with Gasteiger partial charge in [-0.1, -0.05) is 0 Å². The number of rotatable bonds is 3. The standard InChI is InChI=1S/C22H21N5O2/c1-13-8-14(12-24-11-13)18-10-17(22(23)28)21-20(25-18)16-3-2-15(9-19(16)26-21)27-4-6-29-7-5-27/h2-3,8-12,26H,4-7H2,1H3,(H2,23,28). The Bertz CT molecular complexity index is 1240. The Morgan fingerprint density at radius 3 is 2.76 bits per heavy atom. The molecular formula is C22H21N5O2. The Labute approximate surface area is 167 Å². The summed E-state index contributed by atoms with van der Waals surface area (Å²) in [5.41, 5.74) is 12.1. The summed E-state index contributed by atoms with van der Waals surface area (Å²) < 4.78 is 5.45. The van der Waals surface area contributed by atoms with Gasteiger partial charge in [-0.05, 0) is 42.8 Å². The predicted molar refractivity (Wildman–Crippen MR) is 113 cm³/mol. The summed E-state index contributed by atoms with van der Waals surface area (Å²) in [4.78, 5) is 26.9. The molecule has 7 nitrogen and oxygen atoms in total. The molecule has 0 saturated carbocycles. The smallest absolute Gasteiger partial charge is 0.250 e. The first-order chi connectivity index (χ1) is 14.1. The minimum atomic E-state index is -0.487. The number of fused-ring (bicyclic) bond motifs is 3. The monoisotopic (exact) mass is 387 g/mol. The van der Waals surface area contributed by atoms with E-state index in [2.05, 4.69) is 33.1 Å². The van der Waals surface area contributed by atoms with Crippen molar-refractivity contribution in [3.05, 3.63) is 53.9 Å². The van der Waals surface area contributed by atoms with Crippen molar-refractivity contribution >= 4 is 33.5 Å². The maximum absolute atomic E-state index is 12.2. The van der Waals surface area contributed by atoms with Gasteiger partial charge in [-0.3, -0.25) is 9.78 Å². The summed E-state index contributed by atoms with van der Waals surface area (Å²) >= 11 is 0. The van der Waals surface area contributed by atoms with Gasteiger partial charge in [-0.15, -0.1) is 0 Å². The summed E-state index contributed by atoms with van der Waals surface area (Å²) in [6, 6.07) is 9.97. The van der Waals surface area contributed by atoms with Crippen molar-refractivity contribution in [3.63, 3.8) is 0 Å². The van der Waals surface area contributed by atoms with E-state index in [1.807, 2.05) is 13.0 Å². The van der Waals surface area contributed by atoms with Gasteiger partial charge in [0.15, 0.2) is 0 Å². The van der Waals surface area contributed by atoms with E-state index in [0.29, 0.717) is 16.8 Å². The molecule has 1 aromatic carbocycles. The molecule has 29 heavy (non-hydrogen) atoms. The zero-order valence-corrected chi connectivity index (χ0v) is 16.1. The van der Waals surface area contributed by atoms with Gasteiger partial charge in [-0.25, -0.2) is 4.98 Å². The number of nitrogens with zero attached hydrogens (tertiary/aromatic N) is 3. The molecule has 146 valence electrons. The van der Waals surface area contributed by atoms with E-state index >= 15 is 0 Å². The molecule has 0 radical (unpaired) electrons. The van der Waals surface area contributed by atoms with Crippen LogP contribution in [0.3, 0.4) is 0 Å². The summed E-state index contributed by atoms with van der Waals surface area (Å²) in [6.07, 6.45) is 3.53. The first-order valence-electron chi connectivity index (χ1n) is 9.61. The zero-order valence-electron chi connectivity index (χ0n) is 16.1. The van der Waals surface area contributed by atoms with Crippen molar-refractivity contribution in [2.24, 2.45) is 5.73 Å². The van der Waals surface area contributed by atoms with E-state index in [-0.39, 0.29) is 0 Å². The molecule has 0 bridgehead atoms. The van der Waals surface area contributed by atoms with Gasteiger partial charge in [0.25, 0.3) is 5.91 Å². The number of H-pyrrole nitrogens is 1. The molecule has 5 rings (SSSR count). The molecule has 1 aliphatic heterocycles. The number of primary amides is 1. The number of nitrogens with two attached hydrogens (primary N) is 1. The van der Waals surface area contributed by atoms with Crippen LogP contribution >= 0.6 is 0 Å². The van der Waals surface area contributed by atoms with E-state index in [4.69, 9.17) is 15.5 Å². The number of amides is 1. The molecule has 0 aliphatic carbocycles. The average Bonchev–Trinajstić information content (AvgIpc) is 3.11. The third-order valence-corrected chi connectivity index (χ3v) is 5.35. The quantitative estimate of drug-likeness (QED) is 0.563. The van der Waals surface area contributed by atoms with Crippen LogP contribution in [0.25, 0.3) is 33.2 Å². The lowest BCUT2D eigenvalue weighted by Gasteiger charge is -2.28. The molecule has 4 aromatic rings. The second-order valence-corrected chi connectivity index (χ2v) is 7.35. The maximum atomic E-state index is 12.2. The number of morpholine rings is 1. The van der Waals surface area contributed by atoms with Gasteiger partial charge >= 0.3 is 0 Å². The molecule has 3 N–H and O–H groups in total. The highest BCUT2D eigenvalue weighted by atomic mass is 16.5. The molecule has 1 amide bonds. The number of benzene rings is 1. The van der Waals surface area contributed by atoms with Gasteiger partial charge in [-0.2, -0.15) is 0 Å². The van der Waals surface area contributed by atoms with Crippen molar-refractivity contribution in [1.82, 2.24) is 15.0 Å². The van der Waals surface area contributed by atoms with E-state index in [0.717, 1.165) is 59.5 Å². The second-order valence-electron chi connectivity index (χ2n) is 7.35. The van der Waals surface area contributed by atoms with Gasteiger partial charge in [0.05, 0.1) is 41.0 Å². The third-order valence-electron chi connectivity index (χ3n) is 5.35. The van der Waals surface area contributed by atoms with Crippen molar-refractivity contribution in [1.29, 1.82) is 0 Å². The Hall–Kier alpha value is -3.45. The molecule has 0 unspecified atom stereocenters. The fourth-order valence-corrected chi connectivity index (χ4v) is 3.90. The Kier molecular flexibility index (Phi) is 4.17. The summed E-state index contributed by atoms with van der Waals surface area (Å²) in [7, 11) is 0. The molecule has 4 heterocycles. The lowest BCUT2D eigenvalue weighted by molar-refractivity contribution is 0.100. The summed E-state index contributed by atoms with van der Waals surface area (Å²) in [5.74, 6) is -0.487. The lowest BCUT2D eigenvalue weighted by Crippen LogP contribution is -2.36. The maximum Gasteiger partial charge on any atom is 0.250 e. The first kappa shape index (κ1) is 17.6. The first-order valence-corrected chi connectivity index (χ1v) is 9.61. The Balaban J connectivity index is 1.71. The highest BCUT2D eigenvalue weighted by molar-refractivity contribution is 6.14. The van der Waals surface area contributed by atoms with Crippen LogP contribution in [0.15, 0.2) is 42.7 Å². The molecule has 1 saturated heterocycles. The highest BCUT2D eigenvalue weighted by Gasteiger charge is 2.18. The number of aromatic nitrogens is 3. The third kappa shape index (κ3) is 3.09. The van der Waals surface area contributed by atoms with Crippen LogP contribution in [0.1, 0.15) is 15.9 Å². The van der Waals surface area contributed by atoms with Crippen LogP contribution < -0.4 is 10.6 Å². The molecular weight excluding hydrogens is 366 g/mol. The number of ether oxygens (including phenoxy) is 1. The van der Waals surface area contributed by atoms with Crippen molar-refractivity contribution in [2.45, 2.75) is 6.92 Å². The largest absolute Gasteiger partial charge is 0.378 e. The minimum absolute atomic E-state index is 0.427. The van der Waals surface area contributed by atoms with Crippen LogP contribution in [0, 0.1) is 6.92 Å². The van der Waals surface area contributed by atoms with E-state index in [1.165, 1.54) is 0 Å². The van der Waals surface area contributed by atoms with Crippen LogP contribution in [0.2, 0.25) is 0 Å². The predicted octanol–water partition coefficient (Wildman–Crippen LogP) is 3.02. The van der Waals surface area contributed by atoms with E-state index in [9.17, 15) is 4.79 Å². The molecule has 0 spiro atoms. The van der Waals surface area contributed by atoms with Gasteiger partial charge < -0.3 is 20.4 Å². The van der Waals surface area contributed by atoms with Crippen LogP contribution in [-0.4, -0.2) is 47.2 Å². The normalized spacial score (nSPS) is 14.6. The number of carbonyl (C=O) groups is 1. The zero-order chi connectivity index (χ0) is 20.0. The number of aryl methyl sites for hydroxylation is 1. The lowest BCUT2D eigenvalue weighted by atomic mass is 10.1. The number of hydrogen-bond acceptors (Lipinski definition) is 5.